The third-order valence-corrected chi connectivity index (χ3v) is 5.13. The first kappa shape index (κ1) is 19.5. The van der Waals surface area contributed by atoms with Crippen LogP contribution in [0, 0.1) is 5.92 Å². The minimum absolute atomic E-state index is 0.199. The summed E-state index contributed by atoms with van der Waals surface area (Å²) < 4.78 is 51.5. The number of hydrogen-bond acceptors (Lipinski definition) is 4. The third-order valence-electron chi connectivity index (χ3n) is 5.13. The van der Waals surface area contributed by atoms with Crippen LogP contribution in [0.4, 0.5) is 13.2 Å². The fourth-order valence-electron chi connectivity index (χ4n) is 3.71. The lowest BCUT2D eigenvalue weighted by molar-refractivity contribution is -0.190. The van der Waals surface area contributed by atoms with Gasteiger partial charge in [-0.15, -0.1) is 0 Å². The van der Waals surface area contributed by atoms with Gasteiger partial charge in [-0.1, -0.05) is 18.2 Å². The summed E-state index contributed by atoms with van der Waals surface area (Å²) in [6.07, 6.45) is -3.67. The zero-order chi connectivity index (χ0) is 19.6. The minimum atomic E-state index is -4.40. The smallest absolute Gasteiger partial charge is 0.408 e. The lowest BCUT2D eigenvalue weighted by atomic mass is 9.93. The highest BCUT2D eigenvalue weighted by atomic mass is 19.4. The molecule has 0 aliphatic carbocycles. The second-order valence-corrected chi connectivity index (χ2v) is 6.75. The maximum absolute atomic E-state index is 13.9. The largest absolute Gasteiger partial charge is 0.497 e. The number of rotatable bonds is 4. The van der Waals surface area contributed by atoms with Gasteiger partial charge in [0.15, 0.2) is 0 Å². The highest BCUT2D eigenvalue weighted by Crippen LogP contribution is 2.40. The molecule has 1 unspecified atom stereocenters. The summed E-state index contributed by atoms with van der Waals surface area (Å²) in [4.78, 5) is 13.0. The number of alkyl halides is 3. The van der Waals surface area contributed by atoms with Gasteiger partial charge >= 0.3 is 12.1 Å². The predicted molar refractivity (Wildman–Crippen MR) is 95.6 cm³/mol. The molecule has 27 heavy (non-hydrogen) atoms. The summed E-state index contributed by atoms with van der Waals surface area (Å²) in [5.41, 5.74) is 0.205. The van der Waals surface area contributed by atoms with E-state index in [4.69, 9.17) is 9.47 Å². The number of esters is 1. The summed E-state index contributed by atoms with van der Waals surface area (Å²) in [5.74, 6) is -0.0189. The van der Waals surface area contributed by atoms with E-state index in [1.54, 1.807) is 37.4 Å². The zero-order valence-corrected chi connectivity index (χ0v) is 15.3. The van der Waals surface area contributed by atoms with Crippen molar-refractivity contribution in [3.05, 3.63) is 42.0 Å². The Morgan fingerprint density at radius 3 is 2.30 bits per heavy atom. The standard InChI is InChI=1S/C20H22F3NO3/c1-26-17-6-5-14-11-16(4-3-15(14)12-17)18(20(21,22)23)24-9-7-13(8-10-24)19(25)27-2/h3-6,11-13,18H,7-10H2,1-2H3. The molecule has 0 saturated carbocycles. The Labute approximate surface area is 155 Å². The first-order valence-electron chi connectivity index (χ1n) is 8.80. The number of hydrogen-bond donors (Lipinski definition) is 0. The molecule has 1 saturated heterocycles. The van der Waals surface area contributed by atoms with Crippen LogP contribution in [-0.2, 0) is 9.53 Å². The first-order chi connectivity index (χ1) is 12.8. The summed E-state index contributed by atoms with van der Waals surface area (Å²) >= 11 is 0. The Bertz CT molecular complexity index is 814. The van der Waals surface area contributed by atoms with Gasteiger partial charge in [-0.2, -0.15) is 13.2 Å². The van der Waals surface area contributed by atoms with Crippen LogP contribution in [-0.4, -0.2) is 44.4 Å². The predicted octanol–water partition coefficient (Wildman–Crippen LogP) is 4.34. The molecule has 1 aliphatic rings. The Kier molecular flexibility index (Phi) is 5.60. The van der Waals surface area contributed by atoms with E-state index in [1.807, 2.05) is 0 Å². The van der Waals surface area contributed by atoms with Crippen molar-refractivity contribution in [2.24, 2.45) is 5.92 Å². The van der Waals surface area contributed by atoms with Crippen molar-refractivity contribution < 1.29 is 27.4 Å². The molecule has 1 atom stereocenters. The van der Waals surface area contributed by atoms with Crippen LogP contribution >= 0.6 is 0 Å². The first-order valence-corrected chi connectivity index (χ1v) is 8.80. The van der Waals surface area contributed by atoms with Gasteiger partial charge in [-0.25, -0.2) is 0 Å². The van der Waals surface area contributed by atoms with Gasteiger partial charge in [0.05, 0.1) is 20.1 Å². The Morgan fingerprint density at radius 2 is 1.70 bits per heavy atom. The summed E-state index contributed by atoms with van der Waals surface area (Å²) in [6, 6.07) is 8.38. The lowest BCUT2D eigenvalue weighted by Crippen LogP contribution is -2.44. The van der Waals surface area contributed by atoms with Crippen LogP contribution in [0.1, 0.15) is 24.4 Å². The average molecular weight is 381 g/mol. The van der Waals surface area contributed by atoms with Crippen LogP contribution in [0.15, 0.2) is 36.4 Å². The maximum Gasteiger partial charge on any atom is 0.408 e. The molecule has 1 fully saturated rings. The molecule has 2 aromatic carbocycles. The molecule has 146 valence electrons. The quantitative estimate of drug-likeness (QED) is 0.739. The lowest BCUT2D eigenvalue weighted by Gasteiger charge is -2.37. The van der Waals surface area contributed by atoms with Crippen LogP contribution < -0.4 is 4.74 Å². The number of piperidine rings is 1. The number of carbonyl (C=O) groups is 1. The minimum Gasteiger partial charge on any atom is -0.497 e. The number of methoxy groups -OCH3 is 2. The van der Waals surface area contributed by atoms with Crippen LogP contribution in [0.25, 0.3) is 10.8 Å². The molecule has 0 N–H and O–H groups in total. The number of fused-ring (bicyclic) bond motifs is 1. The summed E-state index contributed by atoms with van der Waals surface area (Å²) in [7, 11) is 2.85. The second-order valence-electron chi connectivity index (χ2n) is 6.75. The monoisotopic (exact) mass is 381 g/mol. The molecular weight excluding hydrogens is 359 g/mol. The summed E-state index contributed by atoms with van der Waals surface area (Å²) in [6.45, 7) is 0.398. The molecule has 1 aliphatic heterocycles. The number of ether oxygens (including phenoxy) is 2. The molecule has 1 heterocycles. The highest BCUT2D eigenvalue weighted by molar-refractivity contribution is 5.84. The maximum atomic E-state index is 13.9. The number of benzene rings is 2. The fourth-order valence-corrected chi connectivity index (χ4v) is 3.71. The molecule has 4 nitrogen and oxygen atoms in total. The van der Waals surface area contributed by atoms with Crippen molar-refractivity contribution in [1.29, 1.82) is 0 Å². The number of halogens is 3. The molecule has 0 amide bonds. The molecule has 2 aromatic rings. The van der Waals surface area contributed by atoms with E-state index in [0.717, 1.165) is 10.8 Å². The van der Waals surface area contributed by atoms with Crippen molar-refractivity contribution in [3.63, 3.8) is 0 Å². The van der Waals surface area contributed by atoms with Crippen LogP contribution in [0.2, 0.25) is 0 Å². The van der Waals surface area contributed by atoms with Crippen molar-refractivity contribution in [3.8, 4) is 5.75 Å². The average Bonchev–Trinajstić information content (AvgIpc) is 2.66. The fraction of sp³-hybridized carbons (Fsp3) is 0.450. The van der Waals surface area contributed by atoms with E-state index in [0.29, 0.717) is 18.6 Å². The second kappa shape index (κ2) is 7.76. The van der Waals surface area contributed by atoms with E-state index in [2.05, 4.69) is 0 Å². The van der Waals surface area contributed by atoms with Gasteiger partial charge in [0, 0.05) is 0 Å². The Morgan fingerprint density at radius 1 is 1.07 bits per heavy atom. The molecule has 7 heteroatoms. The van der Waals surface area contributed by atoms with E-state index in [1.165, 1.54) is 18.1 Å². The van der Waals surface area contributed by atoms with Gasteiger partial charge < -0.3 is 9.47 Å². The van der Waals surface area contributed by atoms with Gasteiger partial charge in [0.25, 0.3) is 0 Å². The Balaban J connectivity index is 1.88. The zero-order valence-electron chi connectivity index (χ0n) is 15.3. The van der Waals surface area contributed by atoms with E-state index in [-0.39, 0.29) is 30.5 Å². The van der Waals surface area contributed by atoms with Crippen molar-refractivity contribution in [2.75, 3.05) is 27.3 Å². The normalized spacial score (nSPS) is 17.7. The van der Waals surface area contributed by atoms with Gasteiger partial charge in [-0.05, 0) is 60.5 Å². The molecule has 0 bridgehead atoms. The van der Waals surface area contributed by atoms with Crippen molar-refractivity contribution in [1.82, 2.24) is 4.90 Å². The van der Waals surface area contributed by atoms with Gasteiger partial charge in [-0.3, -0.25) is 9.69 Å². The molecular formula is C20H22F3NO3. The van der Waals surface area contributed by atoms with Crippen molar-refractivity contribution >= 4 is 16.7 Å². The molecule has 0 aromatic heterocycles. The molecule has 3 rings (SSSR count). The number of likely N-dealkylation sites (tertiary alicyclic amines) is 1. The SMILES string of the molecule is COC(=O)C1CCN(C(c2ccc3cc(OC)ccc3c2)C(F)(F)F)CC1. The number of carbonyl (C=O) groups excluding carboxylic acids is 1. The topological polar surface area (TPSA) is 38.8 Å². The molecule has 0 spiro atoms. The van der Waals surface area contributed by atoms with E-state index in [9.17, 15) is 18.0 Å². The van der Waals surface area contributed by atoms with Gasteiger partial charge in [0.2, 0.25) is 0 Å². The van der Waals surface area contributed by atoms with E-state index >= 15 is 0 Å². The van der Waals surface area contributed by atoms with Crippen LogP contribution in [0.3, 0.4) is 0 Å². The highest BCUT2D eigenvalue weighted by Gasteiger charge is 2.46. The Hall–Kier alpha value is -2.28. The molecule has 0 radical (unpaired) electrons. The van der Waals surface area contributed by atoms with Crippen LogP contribution in [0.5, 0.6) is 5.75 Å². The third kappa shape index (κ3) is 4.18. The summed E-state index contributed by atoms with van der Waals surface area (Å²) in [5, 5.41) is 1.55. The van der Waals surface area contributed by atoms with Crippen molar-refractivity contribution in [2.45, 2.75) is 25.1 Å². The van der Waals surface area contributed by atoms with E-state index < -0.39 is 12.2 Å². The van der Waals surface area contributed by atoms with Gasteiger partial charge in [0.1, 0.15) is 11.8 Å². The number of nitrogens with zero attached hydrogens (tertiary/aromatic N) is 1.